The Kier molecular flexibility index (Phi) is 5.94. The van der Waals surface area contributed by atoms with Crippen molar-refractivity contribution in [2.24, 2.45) is 0 Å². The first-order chi connectivity index (χ1) is 15.5. The molecular weight excluding hydrogens is 413 g/mol. The minimum absolute atomic E-state index is 0.0150. The number of carbonyl (C=O) groups excluding carboxylic acids is 3. The summed E-state index contributed by atoms with van der Waals surface area (Å²) < 4.78 is 18.4. The van der Waals surface area contributed by atoms with Crippen molar-refractivity contribution >= 4 is 35.2 Å². The normalized spacial score (nSPS) is 14.4. The molecule has 3 amide bonds. The molecule has 0 aromatic heterocycles. The number of nitrogens with one attached hydrogen (secondary N) is 2. The Morgan fingerprint density at radius 1 is 0.969 bits per heavy atom. The Labute approximate surface area is 183 Å². The molecule has 1 fully saturated rings. The van der Waals surface area contributed by atoms with E-state index in [0.29, 0.717) is 22.7 Å². The number of para-hydroxylation sites is 1. The minimum atomic E-state index is -0.489. The first kappa shape index (κ1) is 20.8. The molecule has 0 saturated carbocycles. The molecule has 1 heterocycles. The van der Waals surface area contributed by atoms with Gasteiger partial charge in [0.05, 0.1) is 5.69 Å². The summed E-state index contributed by atoms with van der Waals surface area (Å²) in [6, 6.07) is 20.8. The van der Waals surface area contributed by atoms with Gasteiger partial charge in [-0.2, -0.15) is 0 Å². The number of rotatable bonds is 6. The Morgan fingerprint density at radius 3 is 2.34 bits per heavy atom. The summed E-state index contributed by atoms with van der Waals surface area (Å²) >= 11 is 0. The Bertz CT molecular complexity index is 1180. The number of anilines is 2. The van der Waals surface area contributed by atoms with Gasteiger partial charge in [-0.3, -0.25) is 19.8 Å². The molecule has 7 nitrogen and oxygen atoms in total. The molecule has 4 rings (SSSR count). The third-order valence-corrected chi connectivity index (χ3v) is 4.59. The number of hydrogen-bond acceptors (Lipinski definition) is 4. The molecule has 3 aromatic carbocycles. The van der Waals surface area contributed by atoms with Crippen LogP contribution in [0.5, 0.6) is 5.75 Å². The maximum atomic E-state index is 12.9. The van der Waals surface area contributed by atoms with Crippen LogP contribution in [0.4, 0.5) is 15.8 Å². The number of hydrogen-bond donors (Lipinski definition) is 2. The van der Waals surface area contributed by atoms with Crippen LogP contribution in [0.3, 0.4) is 0 Å². The second kappa shape index (κ2) is 9.13. The van der Waals surface area contributed by atoms with Crippen LogP contribution in [0.25, 0.3) is 6.08 Å². The molecule has 32 heavy (non-hydrogen) atoms. The van der Waals surface area contributed by atoms with Gasteiger partial charge in [0.1, 0.15) is 17.1 Å². The van der Waals surface area contributed by atoms with E-state index in [9.17, 15) is 18.8 Å². The van der Waals surface area contributed by atoms with Crippen molar-refractivity contribution < 1.29 is 23.5 Å². The Morgan fingerprint density at radius 2 is 1.66 bits per heavy atom. The third-order valence-electron chi connectivity index (χ3n) is 4.59. The molecule has 0 spiro atoms. The van der Waals surface area contributed by atoms with Crippen molar-refractivity contribution in [3.8, 4) is 5.75 Å². The smallest absolute Gasteiger partial charge is 0.282 e. The van der Waals surface area contributed by atoms with E-state index in [1.807, 2.05) is 6.07 Å². The molecule has 0 aliphatic carbocycles. The molecule has 0 atom stereocenters. The number of nitrogens with zero attached hydrogens (tertiary/aromatic N) is 1. The number of benzene rings is 3. The van der Waals surface area contributed by atoms with Gasteiger partial charge in [-0.1, -0.05) is 30.3 Å². The molecule has 1 aliphatic rings. The van der Waals surface area contributed by atoms with E-state index < -0.39 is 17.7 Å². The Hall–Kier alpha value is -4.46. The van der Waals surface area contributed by atoms with Crippen LogP contribution in [0, 0.1) is 5.82 Å². The zero-order valence-electron chi connectivity index (χ0n) is 16.7. The largest absolute Gasteiger partial charge is 0.484 e. The summed E-state index contributed by atoms with van der Waals surface area (Å²) in [6.07, 6.45) is 1.49. The zero-order valence-corrected chi connectivity index (χ0v) is 16.7. The van der Waals surface area contributed by atoms with Crippen LogP contribution in [0.15, 0.2) is 84.4 Å². The molecule has 1 aliphatic heterocycles. The van der Waals surface area contributed by atoms with Crippen LogP contribution in [0.1, 0.15) is 5.56 Å². The highest BCUT2D eigenvalue weighted by molar-refractivity contribution is 6.31. The third kappa shape index (κ3) is 4.81. The second-order valence-electron chi connectivity index (χ2n) is 6.89. The highest BCUT2D eigenvalue weighted by atomic mass is 19.1. The summed E-state index contributed by atoms with van der Waals surface area (Å²) in [5.74, 6) is -1.28. The van der Waals surface area contributed by atoms with Crippen molar-refractivity contribution in [1.82, 2.24) is 5.43 Å². The second-order valence-corrected chi connectivity index (χ2v) is 6.89. The lowest BCUT2D eigenvalue weighted by atomic mass is 10.1. The van der Waals surface area contributed by atoms with Gasteiger partial charge in [-0.05, 0) is 60.2 Å². The maximum Gasteiger partial charge on any atom is 0.282 e. The van der Waals surface area contributed by atoms with Gasteiger partial charge in [-0.25, -0.2) is 9.40 Å². The van der Waals surface area contributed by atoms with Crippen LogP contribution in [-0.2, 0) is 14.4 Å². The summed E-state index contributed by atoms with van der Waals surface area (Å²) in [5.41, 5.74) is 4.22. The zero-order chi connectivity index (χ0) is 22.5. The van der Waals surface area contributed by atoms with E-state index in [1.165, 1.54) is 35.4 Å². The van der Waals surface area contributed by atoms with Gasteiger partial charge < -0.3 is 10.1 Å². The van der Waals surface area contributed by atoms with Crippen molar-refractivity contribution in [2.45, 2.75) is 0 Å². The lowest BCUT2D eigenvalue weighted by molar-refractivity contribution is -0.118. The average molecular weight is 431 g/mol. The van der Waals surface area contributed by atoms with Crippen molar-refractivity contribution in [3.63, 3.8) is 0 Å². The van der Waals surface area contributed by atoms with Gasteiger partial charge in [0.2, 0.25) is 0 Å². The molecule has 0 radical (unpaired) electrons. The van der Waals surface area contributed by atoms with Gasteiger partial charge in [0.25, 0.3) is 17.7 Å². The summed E-state index contributed by atoms with van der Waals surface area (Å²) in [6.45, 7) is -0.231. The fourth-order valence-corrected chi connectivity index (χ4v) is 3.02. The van der Waals surface area contributed by atoms with Gasteiger partial charge in [-0.15, -0.1) is 0 Å². The summed E-state index contributed by atoms with van der Waals surface area (Å²) in [5, 5.41) is 3.80. The van der Waals surface area contributed by atoms with E-state index in [2.05, 4.69) is 10.7 Å². The van der Waals surface area contributed by atoms with Crippen molar-refractivity contribution in [2.75, 3.05) is 16.9 Å². The maximum absolute atomic E-state index is 12.9. The number of ether oxygens (including phenoxy) is 1. The monoisotopic (exact) mass is 431 g/mol. The van der Waals surface area contributed by atoms with E-state index in [1.54, 1.807) is 48.5 Å². The summed E-state index contributed by atoms with van der Waals surface area (Å²) in [7, 11) is 0. The van der Waals surface area contributed by atoms with Gasteiger partial charge in [0.15, 0.2) is 6.61 Å². The van der Waals surface area contributed by atoms with Gasteiger partial charge >= 0.3 is 0 Å². The highest BCUT2D eigenvalue weighted by Gasteiger charge is 2.34. The predicted octanol–water partition coefficient (Wildman–Crippen LogP) is 3.30. The van der Waals surface area contributed by atoms with Crippen LogP contribution in [0.2, 0.25) is 0 Å². The molecule has 1 saturated heterocycles. The number of amides is 3. The van der Waals surface area contributed by atoms with Crippen molar-refractivity contribution in [1.29, 1.82) is 0 Å². The average Bonchev–Trinajstić information content (AvgIpc) is 3.09. The minimum Gasteiger partial charge on any atom is -0.484 e. The van der Waals surface area contributed by atoms with Crippen LogP contribution >= 0.6 is 0 Å². The first-order valence-electron chi connectivity index (χ1n) is 9.70. The number of halogens is 1. The predicted molar refractivity (Wildman–Crippen MR) is 117 cm³/mol. The van der Waals surface area contributed by atoms with E-state index >= 15 is 0 Å². The molecule has 0 unspecified atom stereocenters. The summed E-state index contributed by atoms with van der Waals surface area (Å²) in [4.78, 5) is 36.8. The SMILES string of the molecule is O=C(COc1ccc(C=C2C(=O)NN(c3ccccc3)C2=O)cc1)Nc1ccc(F)cc1. The molecule has 3 aromatic rings. The molecule has 160 valence electrons. The number of hydrazine groups is 1. The standard InChI is InChI=1S/C24H18FN3O4/c25-17-8-10-18(11-9-17)26-22(29)15-32-20-12-6-16(7-13-20)14-21-23(30)27-28(24(21)31)19-4-2-1-3-5-19/h1-14H,15H2,(H,26,29)(H,27,30). The lowest BCUT2D eigenvalue weighted by Gasteiger charge is -2.13. The number of carbonyl (C=O) groups is 3. The fourth-order valence-electron chi connectivity index (χ4n) is 3.02. The molecular formula is C24H18FN3O4. The topological polar surface area (TPSA) is 87.7 Å². The van der Waals surface area contributed by atoms with E-state index in [0.717, 1.165) is 0 Å². The first-order valence-corrected chi connectivity index (χ1v) is 9.70. The van der Waals surface area contributed by atoms with E-state index in [4.69, 9.17) is 4.74 Å². The van der Waals surface area contributed by atoms with Crippen LogP contribution in [-0.4, -0.2) is 24.3 Å². The fraction of sp³-hybridized carbons (Fsp3) is 0.0417. The van der Waals surface area contributed by atoms with Gasteiger partial charge in [0, 0.05) is 5.69 Å². The molecule has 8 heteroatoms. The Balaban J connectivity index is 1.36. The van der Waals surface area contributed by atoms with Crippen molar-refractivity contribution in [3.05, 3.63) is 95.8 Å². The molecule has 0 bridgehead atoms. The van der Waals surface area contributed by atoms with Crippen LogP contribution < -0.4 is 20.5 Å². The highest BCUT2D eigenvalue weighted by Crippen LogP contribution is 2.22. The molecule has 2 N–H and O–H groups in total. The lowest BCUT2D eigenvalue weighted by Crippen LogP contribution is -2.35. The van der Waals surface area contributed by atoms with E-state index in [-0.39, 0.29) is 18.0 Å². The quantitative estimate of drug-likeness (QED) is 0.463.